The summed E-state index contributed by atoms with van der Waals surface area (Å²) in [6.45, 7) is 5.16. The van der Waals surface area contributed by atoms with Crippen molar-refractivity contribution in [2.24, 2.45) is 0 Å². The topological polar surface area (TPSA) is 70.2 Å². The second kappa shape index (κ2) is 7.27. The standard InChI is InChI=1S/C12H23N3O2/c1-9(2)15-11(16)6-8-14-12(17)10-5-3-4-7-13-10/h9-10,13H,3-8H2,1-2H3,(H,14,17)(H,15,16). The van der Waals surface area contributed by atoms with Crippen molar-refractivity contribution in [3.63, 3.8) is 0 Å². The summed E-state index contributed by atoms with van der Waals surface area (Å²) in [6.07, 6.45) is 3.47. The van der Waals surface area contributed by atoms with Gasteiger partial charge >= 0.3 is 0 Å². The van der Waals surface area contributed by atoms with Crippen LogP contribution in [0.5, 0.6) is 0 Å². The van der Waals surface area contributed by atoms with E-state index in [0.717, 1.165) is 25.8 Å². The molecular formula is C12H23N3O2. The van der Waals surface area contributed by atoms with E-state index in [9.17, 15) is 9.59 Å². The van der Waals surface area contributed by atoms with Gasteiger partial charge in [0.2, 0.25) is 11.8 Å². The molecule has 3 N–H and O–H groups in total. The van der Waals surface area contributed by atoms with E-state index in [0.29, 0.717) is 13.0 Å². The normalized spacial score (nSPS) is 20.1. The third kappa shape index (κ3) is 5.68. The number of amides is 2. The van der Waals surface area contributed by atoms with E-state index in [1.165, 1.54) is 0 Å². The Kier molecular flexibility index (Phi) is 5.97. The molecule has 1 atom stereocenters. The molecule has 17 heavy (non-hydrogen) atoms. The first-order valence-corrected chi connectivity index (χ1v) is 6.40. The molecule has 0 radical (unpaired) electrons. The van der Waals surface area contributed by atoms with Crippen LogP contribution in [0.2, 0.25) is 0 Å². The molecule has 1 rings (SSSR count). The second-order valence-corrected chi connectivity index (χ2v) is 4.77. The van der Waals surface area contributed by atoms with Gasteiger partial charge in [-0.25, -0.2) is 0 Å². The maximum absolute atomic E-state index is 11.7. The van der Waals surface area contributed by atoms with Crippen molar-refractivity contribution in [3.05, 3.63) is 0 Å². The van der Waals surface area contributed by atoms with Crippen LogP contribution in [0.1, 0.15) is 39.5 Å². The zero-order valence-corrected chi connectivity index (χ0v) is 10.7. The molecule has 0 aromatic carbocycles. The van der Waals surface area contributed by atoms with Crippen molar-refractivity contribution in [2.75, 3.05) is 13.1 Å². The van der Waals surface area contributed by atoms with Crippen LogP contribution in [0.15, 0.2) is 0 Å². The lowest BCUT2D eigenvalue weighted by atomic mass is 10.0. The van der Waals surface area contributed by atoms with Gasteiger partial charge in [0.05, 0.1) is 6.04 Å². The van der Waals surface area contributed by atoms with Crippen molar-refractivity contribution in [1.29, 1.82) is 0 Å². The molecule has 0 spiro atoms. The predicted molar refractivity (Wildman–Crippen MR) is 66.5 cm³/mol. The Labute approximate surface area is 103 Å². The van der Waals surface area contributed by atoms with Gasteiger partial charge in [0.1, 0.15) is 0 Å². The summed E-state index contributed by atoms with van der Waals surface area (Å²) in [5.74, 6) is -0.000972. The van der Waals surface area contributed by atoms with Gasteiger partial charge in [-0.05, 0) is 33.2 Å². The lowest BCUT2D eigenvalue weighted by Gasteiger charge is -2.22. The smallest absolute Gasteiger partial charge is 0.237 e. The second-order valence-electron chi connectivity index (χ2n) is 4.77. The van der Waals surface area contributed by atoms with Crippen molar-refractivity contribution >= 4 is 11.8 Å². The first-order valence-electron chi connectivity index (χ1n) is 6.40. The summed E-state index contributed by atoms with van der Waals surface area (Å²) in [7, 11) is 0. The van der Waals surface area contributed by atoms with Crippen molar-refractivity contribution < 1.29 is 9.59 Å². The Morgan fingerprint density at radius 3 is 2.71 bits per heavy atom. The van der Waals surface area contributed by atoms with Gasteiger partial charge < -0.3 is 16.0 Å². The fraction of sp³-hybridized carbons (Fsp3) is 0.833. The molecular weight excluding hydrogens is 218 g/mol. The number of nitrogens with one attached hydrogen (secondary N) is 3. The van der Waals surface area contributed by atoms with E-state index < -0.39 is 0 Å². The third-order valence-electron chi connectivity index (χ3n) is 2.73. The van der Waals surface area contributed by atoms with Crippen LogP contribution in [0.3, 0.4) is 0 Å². The largest absolute Gasteiger partial charge is 0.354 e. The molecule has 0 saturated carbocycles. The maximum Gasteiger partial charge on any atom is 0.237 e. The highest BCUT2D eigenvalue weighted by molar-refractivity contribution is 5.82. The molecule has 1 aliphatic heterocycles. The van der Waals surface area contributed by atoms with Crippen molar-refractivity contribution in [2.45, 2.75) is 51.6 Å². The van der Waals surface area contributed by atoms with Gasteiger partial charge in [0.25, 0.3) is 0 Å². The Hall–Kier alpha value is -1.10. The summed E-state index contributed by atoms with van der Waals surface area (Å²) in [5, 5.41) is 8.76. The first kappa shape index (κ1) is 14.0. The molecule has 0 bridgehead atoms. The molecule has 1 heterocycles. The summed E-state index contributed by atoms with van der Waals surface area (Å²) >= 11 is 0. The fourth-order valence-corrected chi connectivity index (χ4v) is 1.89. The summed E-state index contributed by atoms with van der Waals surface area (Å²) in [4.78, 5) is 23.0. The minimum Gasteiger partial charge on any atom is -0.354 e. The van der Waals surface area contributed by atoms with E-state index in [1.54, 1.807) is 0 Å². The average molecular weight is 241 g/mol. The summed E-state index contributed by atoms with van der Waals surface area (Å²) in [5.41, 5.74) is 0. The van der Waals surface area contributed by atoms with Gasteiger partial charge in [-0.15, -0.1) is 0 Å². The van der Waals surface area contributed by atoms with E-state index in [-0.39, 0.29) is 23.9 Å². The molecule has 98 valence electrons. The molecule has 5 nitrogen and oxygen atoms in total. The number of rotatable bonds is 5. The summed E-state index contributed by atoms with van der Waals surface area (Å²) in [6, 6.07) is 0.0788. The maximum atomic E-state index is 11.7. The Bertz CT molecular complexity index is 260. The highest BCUT2D eigenvalue weighted by Gasteiger charge is 2.19. The molecule has 2 amide bonds. The van der Waals surface area contributed by atoms with Crippen LogP contribution in [-0.4, -0.2) is 37.0 Å². The Morgan fingerprint density at radius 1 is 1.35 bits per heavy atom. The monoisotopic (exact) mass is 241 g/mol. The van der Waals surface area contributed by atoms with Crippen LogP contribution in [-0.2, 0) is 9.59 Å². The Morgan fingerprint density at radius 2 is 2.12 bits per heavy atom. The number of piperidine rings is 1. The molecule has 1 aliphatic rings. The van der Waals surface area contributed by atoms with Gasteiger partial charge in [0.15, 0.2) is 0 Å². The van der Waals surface area contributed by atoms with Crippen molar-refractivity contribution in [3.8, 4) is 0 Å². The molecule has 5 heteroatoms. The van der Waals surface area contributed by atoms with Gasteiger partial charge in [-0.1, -0.05) is 6.42 Å². The molecule has 0 aromatic heterocycles. The quantitative estimate of drug-likeness (QED) is 0.642. The number of hydrogen-bond donors (Lipinski definition) is 3. The first-order chi connectivity index (χ1) is 8.09. The van der Waals surface area contributed by atoms with Gasteiger partial charge in [0, 0.05) is 19.0 Å². The zero-order valence-electron chi connectivity index (χ0n) is 10.7. The molecule has 1 unspecified atom stereocenters. The van der Waals surface area contributed by atoms with E-state index in [2.05, 4.69) is 16.0 Å². The molecule has 0 aliphatic carbocycles. The van der Waals surface area contributed by atoms with Crippen LogP contribution >= 0.6 is 0 Å². The van der Waals surface area contributed by atoms with Crippen LogP contribution < -0.4 is 16.0 Å². The minimum absolute atomic E-state index is 0.0158. The molecule has 1 fully saturated rings. The van der Waals surface area contributed by atoms with Crippen LogP contribution in [0, 0.1) is 0 Å². The van der Waals surface area contributed by atoms with Gasteiger partial charge in [-0.2, -0.15) is 0 Å². The number of hydrogen-bond acceptors (Lipinski definition) is 3. The summed E-state index contributed by atoms with van der Waals surface area (Å²) < 4.78 is 0. The third-order valence-corrected chi connectivity index (χ3v) is 2.73. The minimum atomic E-state index is -0.0723. The van der Waals surface area contributed by atoms with Gasteiger partial charge in [-0.3, -0.25) is 9.59 Å². The highest BCUT2D eigenvalue weighted by atomic mass is 16.2. The molecule has 0 aromatic rings. The van der Waals surface area contributed by atoms with E-state index in [1.807, 2.05) is 13.8 Å². The van der Waals surface area contributed by atoms with Crippen molar-refractivity contribution in [1.82, 2.24) is 16.0 Å². The fourth-order valence-electron chi connectivity index (χ4n) is 1.89. The SMILES string of the molecule is CC(C)NC(=O)CCNC(=O)C1CCCCN1. The van der Waals surface area contributed by atoms with Crippen LogP contribution in [0.4, 0.5) is 0 Å². The number of carbonyl (C=O) groups excluding carboxylic acids is 2. The van der Waals surface area contributed by atoms with Crippen LogP contribution in [0.25, 0.3) is 0 Å². The zero-order chi connectivity index (χ0) is 12.7. The number of carbonyl (C=O) groups is 2. The average Bonchev–Trinajstić information content (AvgIpc) is 2.29. The lowest BCUT2D eigenvalue weighted by molar-refractivity contribution is -0.124. The van der Waals surface area contributed by atoms with E-state index in [4.69, 9.17) is 0 Å². The Balaban J connectivity index is 2.13. The van der Waals surface area contributed by atoms with E-state index >= 15 is 0 Å². The highest BCUT2D eigenvalue weighted by Crippen LogP contribution is 2.06. The molecule has 1 saturated heterocycles. The lowest BCUT2D eigenvalue weighted by Crippen LogP contribution is -2.47. The predicted octanol–water partition coefficient (Wildman–Crippen LogP) is 0.159.